The Morgan fingerprint density at radius 1 is 1.37 bits per heavy atom. The number of nitrogens with one attached hydrogen (secondary N) is 1. The summed E-state index contributed by atoms with van der Waals surface area (Å²) in [6, 6.07) is 5.89. The summed E-state index contributed by atoms with van der Waals surface area (Å²) in [7, 11) is -3.81. The van der Waals surface area contributed by atoms with Gasteiger partial charge in [0.05, 0.1) is 11.5 Å². The first kappa shape index (κ1) is 15.2. The number of rotatable bonds is 7. The van der Waals surface area contributed by atoms with E-state index in [9.17, 15) is 13.2 Å². The number of hydrogen-bond acceptors (Lipinski definition) is 4. The van der Waals surface area contributed by atoms with Gasteiger partial charge in [-0.2, -0.15) is 0 Å². The molecule has 0 aliphatic rings. The Bertz CT molecular complexity index is 534. The van der Waals surface area contributed by atoms with Crippen molar-refractivity contribution in [2.45, 2.75) is 24.7 Å². The van der Waals surface area contributed by atoms with Crippen molar-refractivity contribution < 1.29 is 17.9 Å². The van der Waals surface area contributed by atoms with Gasteiger partial charge in [0.15, 0.2) is 0 Å². The van der Waals surface area contributed by atoms with Crippen molar-refractivity contribution in [3.05, 3.63) is 36.9 Å². The van der Waals surface area contributed by atoms with Crippen LogP contribution < -0.4 is 9.46 Å². The molecule has 0 bridgehead atoms. The SMILES string of the molecule is C=CCCC(=O)NS(=O)(=O)c1ccc(OCC)cc1. The van der Waals surface area contributed by atoms with Crippen LogP contribution in [0.4, 0.5) is 0 Å². The van der Waals surface area contributed by atoms with Crippen LogP contribution in [0.5, 0.6) is 5.75 Å². The Morgan fingerprint density at radius 2 is 2.00 bits per heavy atom. The third kappa shape index (κ3) is 4.75. The number of carbonyl (C=O) groups excluding carboxylic acids is 1. The highest BCUT2D eigenvalue weighted by atomic mass is 32.2. The molecule has 0 aliphatic carbocycles. The van der Waals surface area contributed by atoms with Crippen LogP contribution in [0.15, 0.2) is 41.8 Å². The molecule has 1 aromatic rings. The Morgan fingerprint density at radius 3 is 2.53 bits per heavy atom. The number of hydrogen-bond donors (Lipinski definition) is 1. The summed E-state index contributed by atoms with van der Waals surface area (Å²) >= 11 is 0. The van der Waals surface area contributed by atoms with Crippen LogP contribution in [-0.2, 0) is 14.8 Å². The van der Waals surface area contributed by atoms with E-state index in [2.05, 4.69) is 6.58 Å². The van der Waals surface area contributed by atoms with E-state index in [1.807, 2.05) is 11.6 Å². The van der Waals surface area contributed by atoms with Crippen molar-refractivity contribution in [2.75, 3.05) is 6.61 Å². The summed E-state index contributed by atoms with van der Waals surface area (Å²) < 4.78 is 31.0. The minimum atomic E-state index is -3.81. The normalized spacial score (nSPS) is 10.8. The van der Waals surface area contributed by atoms with Crippen molar-refractivity contribution in [3.63, 3.8) is 0 Å². The fourth-order valence-electron chi connectivity index (χ4n) is 1.37. The highest BCUT2D eigenvalue weighted by Crippen LogP contribution is 2.15. The van der Waals surface area contributed by atoms with E-state index in [0.29, 0.717) is 18.8 Å². The highest BCUT2D eigenvalue weighted by Gasteiger charge is 2.16. The first-order valence-corrected chi connectivity index (χ1v) is 7.37. The van der Waals surface area contributed by atoms with E-state index in [4.69, 9.17) is 4.74 Å². The molecule has 0 fully saturated rings. The second-order valence-corrected chi connectivity index (χ2v) is 5.44. The maximum absolute atomic E-state index is 11.9. The molecule has 5 nitrogen and oxygen atoms in total. The summed E-state index contributed by atoms with van der Waals surface area (Å²) in [5.74, 6) is 0.0354. The summed E-state index contributed by atoms with van der Waals surface area (Å²) in [4.78, 5) is 11.4. The molecule has 104 valence electrons. The molecule has 0 atom stereocenters. The van der Waals surface area contributed by atoms with Gasteiger partial charge in [0.1, 0.15) is 5.75 Å². The fourth-order valence-corrected chi connectivity index (χ4v) is 2.39. The summed E-state index contributed by atoms with van der Waals surface area (Å²) in [5, 5.41) is 0. The molecule has 1 N–H and O–H groups in total. The van der Waals surface area contributed by atoms with Gasteiger partial charge in [0, 0.05) is 6.42 Å². The van der Waals surface area contributed by atoms with E-state index in [1.165, 1.54) is 12.1 Å². The van der Waals surface area contributed by atoms with E-state index < -0.39 is 15.9 Å². The van der Waals surface area contributed by atoms with Crippen molar-refractivity contribution >= 4 is 15.9 Å². The lowest BCUT2D eigenvalue weighted by Crippen LogP contribution is -2.30. The first-order chi connectivity index (χ1) is 8.99. The molecule has 1 rings (SSSR count). The average molecular weight is 283 g/mol. The van der Waals surface area contributed by atoms with Crippen LogP contribution >= 0.6 is 0 Å². The molecule has 1 amide bonds. The molecule has 0 heterocycles. The van der Waals surface area contributed by atoms with Gasteiger partial charge in [-0.1, -0.05) is 6.08 Å². The summed E-state index contributed by atoms with van der Waals surface area (Å²) in [6.07, 6.45) is 2.09. The Balaban J connectivity index is 2.76. The van der Waals surface area contributed by atoms with Crippen molar-refractivity contribution in [3.8, 4) is 5.75 Å². The van der Waals surface area contributed by atoms with Gasteiger partial charge < -0.3 is 4.74 Å². The number of benzene rings is 1. The number of amides is 1. The highest BCUT2D eigenvalue weighted by molar-refractivity contribution is 7.90. The van der Waals surface area contributed by atoms with E-state index in [0.717, 1.165) is 0 Å². The fraction of sp³-hybridized carbons (Fsp3) is 0.308. The standard InChI is InChI=1S/C13H17NO4S/c1-3-5-6-13(15)14-19(16,17)12-9-7-11(8-10-12)18-4-2/h3,7-10H,1,4-6H2,2H3,(H,14,15). The zero-order valence-electron chi connectivity index (χ0n) is 10.8. The smallest absolute Gasteiger partial charge is 0.264 e. The van der Waals surface area contributed by atoms with Gasteiger partial charge in [0.2, 0.25) is 5.91 Å². The maximum atomic E-state index is 11.9. The van der Waals surface area contributed by atoms with E-state index in [1.54, 1.807) is 18.2 Å². The molecule has 19 heavy (non-hydrogen) atoms. The monoisotopic (exact) mass is 283 g/mol. The average Bonchev–Trinajstić information content (AvgIpc) is 2.37. The lowest BCUT2D eigenvalue weighted by molar-refractivity contribution is -0.119. The van der Waals surface area contributed by atoms with E-state index >= 15 is 0 Å². The molecule has 0 aromatic heterocycles. The topological polar surface area (TPSA) is 72.5 Å². The third-order valence-corrected chi connectivity index (χ3v) is 3.66. The van der Waals surface area contributed by atoms with E-state index in [-0.39, 0.29) is 11.3 Å². The lowest BCUT2D eigenvalue weighted by atomic mass is 10.3. The van der Waals surface area contributed by atoms with Crippen LogP contribution in [0, 0.1) is 0 Å². The molecule has 0 aliphatic heterocycles. The largest absolute Gasteiger partial charge is 0.494 e. The van der Waals surface area contributed by atoms with Crippen molar-refractivity contribution in [2.24, 2.45) is 0 Å². The first-order valence-electron chi connectivity index (χ1n) is 5.89. The van der Waals surface area contributed by atoms with Crippen molar-refractivity contribution in [1.82, 2.24) is 4.72 Å². The molecule has 6 heteroatoms. The number of ether oxygens (including phenoxy) is 1. The van der Waals surface area contributed by atoms with Crippen LogP contribution in [0.2, 0.25) is 0 Å². The molecule has 0 unspecified atom stereocenters. The second-order valence-electron chi connectivity index (χ2n) is 3.76. The predicted molar refractivity (Wildman–Crippen MR) is 72.4 cm³/mol. The predicted octanol–water partition coefficient (Wildman–Crippen LogP) is 1.86. The zero-order chi connectivity index (χ0) is 14.3. The minimum Gasteiger partial charge on any atom is -0.494 e. The molecule has 1 aromatic carbocycles. The van der Waals surface area contributed by atoms with Gasteiger partial charge in [-0.15, -0.1) is 6.58 Å². The quantitative estimate of drug-likeness (QED) is 0.775. The number of allylic oxidation sites excluding steroid dienone is 1. The minimum absolute atomic E-state index is 0.0305. The van der Waals surface area contributed by atoms with Crippen LogP contribution in [0.1, 0.15) is 19.8 Å². The van der Waals surface area contributed by atoms with Gasteiger partial charge >= 0.3 is 0 Å². The lowest BCUT2D eigenvalue weighted by Gasteiger charge is -2.07. The second kappa shape index (κ2) is 6.94. The van der Waals surface area contributed by atoms with Gasteiger partial charge in [-0.05, 0) is 37.6 Å². The van der Waals surface area contributed by atoms with Crippen LogP contribution in [0.25, 0.3) is 0 Å². The summed E-state index contributed by atoms with van der Waals surface area (Å²) in [6.45, 7) is 5.81. The molecular formula is C13H17NO4S. The molecule has 0 saturated heterocycles. The Hall–Kier alpha value is -1.82. The number of carbonyl (C=O) groups is 1. The van der Waals surface area contributed by atoms with Gasteiger partial charge in [-0.3, -0.25) is 4.79 Å². The van der Waals surface area contributed by atoms with Gasteiger partial charge in [0.25, 0.3) is 10.0 Å². The Labute approximate surface area is 113 Å². The number of sulfonamides is 1. The molecule has 0 saturated carbocycles. The molecule has 0 radical (unpaired) electrons. The third-order valence-electron chi connectivity index (χ3n) is 2.27. The summed E-state index contributed by atoms with van der Waals surface area (Å²) in [5.41, 5.74) is 0. The zero-order valence-corrected chi connectivity index (χ0v) is 11.6. The Kier molecular flexibility index (Phi) is 5.57. The molecular weight excluding hydrogens is 266 g/mol. The maximum Gasteiger partial charge on any atom is 0.264 e. The van der Waals surface area contributed by atoms with Crippen LogP contribution in [0.3, 0.4) is 0 Å². The van der Waals surface area contributed by atoms with Gasteiger partial charge in [-0.25, -0.2) is 13.1 Å². The van der Waals surface area contributed by atoms with Crippen molar-refractivity contribution in [1.29, 1.82) is 0 Å². The molecule has 0 spiro atoms. The van der Waals surface area contributed by atoms with Crippen LogP contribution in [-0.4, -0.2) is 20.9 Å².